The Kier molecular flexibility index (Phi) is 6.73. The predicted molar refractivity (Wildman–Crippen MR) is 112 cm³/mol. The minimum absolute atomic E-state index is 0.202. The van der Waals surface area contributed by atoms with Crippen molar-refractivity contribution in [1.82, 2.24) is 15.2 Å². The number of anilines is 4. The molecule has 1 aromatic heterocycles. The van der Waals surface area contributed by atoms with E-state index in [1.807, 2.05) is 18.2 Å². The van der Waals surface area contributed by atoms with Crippen molar-refractivity contribution in [2.24, 2.45) is 0 Å². The lowest BCUT2D eigenvalue weighted by Crippen LogP contribution is -2.21. The molecule has 0 radical (unpaired) electrons. The maximum Gasteiger partial charge on any atom is 0.244 e. The first-order valence-electron chi connectivity index (χ1n) is 9.48. The lowest BCUT2D eigenvalue weighted by Gasteiger charge is -2.21. The summed E-state index contributed by atoms with van der Waals surface area (Å²) in [7, 11) is 0. The van der Waals surface area contributed by atoms with Gasteiger partial charge < -0.3 is 15.5 Å². The van der Waals surface area contributed by atoms with Gasteiger partial charge in [-0.05, 0) is 56.2 Å². The molecule has 0 aliphatic heterocycles. The molecule has 28 heavy (non-hydrogen) atoms. The second kappa shape index (κ2) is 9.64. The number of rotatable bonds is 9. The largest absolute Gasteiger partial charge is 0.372 e. The summed E-state index contributed by atoms with van der Waals surface area (Å²) >= 11 is 0. The van der Waals surface area contributed by atoms with Gasteiger partial charge in [-0.2, -0.15) is 10.1 Å². The number of hydrogen-bond acceptors (Lipinski definition) is 6. The number of nitrogens with one attached hydrogen (secondary N) is 2. The number of nitrogens with zero attached hydrogens (tertiary/aromatic N) is 4. The van der Waals surface area contributed by atoms with Gasteiger partial charge in [0.05, 0.1) is 6.20 Å². The van der Waals surface area contributed by atoms with E-state index in [2.05, 4.69) is 56.7 Å². The minimum atomic E-state index is -0.202. The number of aromatic nitrogens is 3. The molecule has 3 rings (SSSR count). The van der Waals surface area contributed by atoms with E-state index in [0.29, 0.717) is 30.3 Å². The molecule has 0 aliphatic carbocycles. The first-order valence-corrected chi connectivity index (χ1v) is 9.48. The van der Waals surface area contributed by atoms with E-state index < -0.39 is 0 Å². The van der Waals surface area contributed by atoms with Crippen LogP contribution in [0.2, 0.25) is 0 Å². The Morgan fingerprint density at radius 2 is 1.75 bits per heavy atom. The lowest BCUT2D eigenvalue weighted by molar-refractivity contribution is 0.610. The van der Waals surface area contributed by atoms with Crippen LogP contribution in [-0.2, 0) is 6.42 Å². The zero-order chi connectivity index (χ0) is 19.8. The van der Waals surface area contributed by atoms with Crippen LogP contribution in [0.15, 0.2) is 54.7 Å². The standard InChI is InChI=1S/C21H25FN6/c1-3-28(4-2)18-11-9-17(10-12-18)25-20-15-24-27-21(26-20)23-14-13-16-7-5-6-8-19(16)22/h5-12,15H,3-4,13-14H2,1-2H3,(H2,23,25,26,27). The van der Waals surface area contributed by atoms with E-state index in [1.54, 1.807) is 18.3 Å². The molecular weight excluding hydrogens is 355 g/mol. The van der Waals surface area contributed by atoms with E-state index in [1.165, 1.54) is 11.8 Å². The molecule has 0 saturated carbocycles. The second-order valence-electron chi connectivity index (χ2n) is 6.28. The molecule has 0 fully saturated rings. The van der Waals surface area contributed by atoms with E-state index in [9.17, 15) is 4.39 Å². The molecule has 2 aromatic carbocycles. The van der Waals surface area contributed by atoms with Crippen LogP contribution < -0.4 is 15.5 Å². The van der Waals surface area contributed by atoms with Crippen LogP contribution in [0.3, 0.4) is 0 Å². The molecular formula is C21H25FN6. The maximum absolute atomic E-state index is 13.7. The van der Waals surface area contributed by atoms with Gasteiger partial charge in [0.15, 0.2) is 5.82 Å². The molecule has 7 heteroatoms. The van der Waals surface area contributed by atoms with Crippen LogP contribution in [0.25, 0.3) is 0 Å². The van der Waals surface area contributed by atoms with Gasteiger partial charge in [0.2, 0.25) is 5.95 Å². The summed E-state index contributed by atoms with van der Waals surface area (Å²) in [5.41, 5.74) is 2.77. The summed E-state index contributed by atoms with van der Waals surface area (Å²) < 4.78 is 13.7. The van der Waals surface area contributed by atoms with Crippen molar-refractivity contribution >= 4 is 23.1 Å². The molecule has 0 amide bonds. The third-order valence-corrected chi connectivity index (χ3v) is 4.46. The predicted octanol–water partition coefficient (Wildman–Crippen LogP) is 4.26. The number of hydrogen-bond donors (Lipinski definition) is 2. The fourth-order valence-electron chi connectivity index (χ4n) is 2.94. The van der Waals surface area contributed by atoms with E-state index in [-0.39, 0.29) is 5.82 Å². The van der Waals surface area contributed by atoms with Gasteiger partial charge in [-0.15, -0.1) is 5.10 Å². The molecule has 0 bridgehead atoms. The average molecular weight is 380 g/mol. The van der Waals surface area contributed by atoms with Gasteiger partial charge in [-0.1, -0.05) is 18.2 Å². The third kappa shape index (κ3) is 5.16. The maximum atomic E-state index is 13.7. The van der Waals surface area contributed by atoms with E-state index in [4.69, 9.17) is 0 Å². The Bertz CT molecular complexity index is 880. The second-order valence-corrected chi connectivity index (χ2v) is 6.28. The fourth-order valence-corrected chi connectivity index (χ4v) is 2.94. The van der Waals surface area contributed by atoms with Crippen LogP contribution in [0.4, 0.5) is 27.5 Å². The molecule has 0 atom stereocenters. The molecule has 1 heterocycles. The first kappa shape index (κ1) is 19.5. The van der Waals surface area contributed by atoms with E-state index >= 15 is 0 Å². The van der Waals surface area contributed by atoms with Crippen molar-refractivity contribution in [3.05, 3.63) is 66.1 Å². The van der Waals surface area contributed by atoms with Crippen molar-refractivity contribution < 1.29 is 4.39 Å². The van der Waals surface area contributed by atoms with Crippen molar-refractivity contribution in [1.29, 1.82) is 0 Å². The smallest absolute Gasteiger partial charge is 0.244 e. The Labute approximate surface area is 164 Å². The highest BCUT2D eigenvalue weighted by atomic mass is 19.1. The summed E-state index contributed by atoms with van der Waals surface area (Å²) in [6, 6.07) is 14.9. The van der Waals surface area contributed by atoms with Crippen LogP contribution in [0.5, 0.6) is 0 Å². The Morgan fingerprint density at radius 1 is 1.00 bits per heavy atom. The van der Waals surface area contributed by atoms with Gasteiger partial charge in [0.25, 0.3) is 0 Å². The SMILES string of the molecule is CCN(CC)c1ccc(Nc2cnnc(NCCc3ccccc3F)n2)cc1. The first-order chi connectivity index (χ1) is 13.7. The van der Waals surface area contributed by atoms with Crippen LogP contribution >= 0.6 is 0 Å². The Balaban J connectivity index is 1.58. The highest BCUT2D eigenvalue weighted by Crippen LogP contribution is 2.20. The lowest BCUT2D eigenvalue weighted by atomic mass is 10.1. The molecule has 3 aromatic rings. The van der Waals surface area contributed by atoms with Crippen molar-refractivity contribution in [2.45, 2.75) is 20.3 Å². The van der Waals surface area contributed by atoms with Gasteiger partial charge >= 0.3 is 0 Å². The zero-order valence-electron chi connectivity index (χ0n) is 16.2. The molecule has 0 spiro atoms. The fraction of sp³-hybridized carbons (Fsp3) is 0.286. The molecule has 2 N–H and O–H groups in total. The molecule has 0 aliphatic rings. The topological polar surface area (TPSA) is 66.0 Å². The molecule has 146 valence electrons. The number of halogens is 1. The highest BCUT2D eigenvalue weighted by molar-refractivity contribution is 5.60. The quantitative estimate of drug-likeness (QED) is 0.578. The van der Waals surface area contributed by atoms with Crippen LogP contribution in [0, 0.1) is 5.82 Å². The van der Waals surface area contributed by atoms with Crippen molar-refractivity contribution in [2.75, 3.05) is 35.2 Å². The van der Waals surface area contributed by atoms with Gasteiger partial charge in [0.1, 0.15) is 5.82 Å². The molecule has 0 unspecified atom stereocenters. The Morgan fingerprint density at radius 3 is 2.46 bits per heavy atom. The number of benzene rings is 2. The van der Waals surface area contributed by atoms with Gasteiger partial charge in [-0.3, -0.25) is 0 Å². The molecule has 0 saturated heterocycles. The minimum Gasteiger partial charge on any atom is -0.372 e. The normalized spacial score (nSPS) is 10.5. The van der Waals surface area contributed by atoms with Crippen LogP contribution in [-0.4, -0.2) is 34.8 Å². The zero-order valence-corrected chi connectivity index (χ0v) is 16.2. The van der Waals surface area contributed by atoms with Crippen LogP contribution in [0.1, 0.15) is 19.4 Å². The summed E-state index contributed by atoms with van der Waals surface area (Å²) in [5, 5.41) is 14.3. The summed E-state index contributed by atoms with van der Waals surface area (Å²) in [6.45, 7) is 6.75. The van der Waals surface area contributed by atoms with Crippen molar-refractivity contribution in [3.8, 4) is 0 Å². The van der Waals surface area contributed by atoms with Gasteiger partial charge in [-0.25, -0.2) is 4.39 Å². The molecule has 6 nitrogen and oxygen atoms in total. The highest BCUT2D eigenvalue weighted by Gasteiger charge is 2.05. The average Bonchev–Trinajstić information content (AvgIpc) is 2.72. The van der Waals surface area contributed by atoms with Crippen molar-refractivity contribution in [3.63, 3.8) is 0 Å². The van der Waals surface area contributed by atoms with E-state index in [0.717, 1.165) is 18.8 Å². The Hall–Kier alpha value is -3.22. The summed E-state index contributed by atoms with van der Waals surface area (Å²) in [4.78, 5) is 6.70. The summed E-state index contributed by atoms with van der Waals surface area (Å²) in [5.74, 6) is 0.798. The summed E-state index contributed by atoms with van der Waals surface area (Å²) in [6.07, 6.45) is 2.11. The monoisotopic (exact) mass is 380 g/mol. The van der Waals surface area contributed by atoms with Gasteiger partial charge in [0, 0.05) is 31.0 Å². The third-order valence-electron chi connectivity index (χ3n) is 4.46.